The summed E-state index contributed by atoms with van der Waals surface area (Å²) in [4.78, 5) is 24.3. The van der Waals surface area contributed by atoms with Crippen LogP contribution in [0.4, 0.5) is 0 Å². The lowest BCUT2D eigenvalue weighted by Gasteiger charge is -2.22. The van der Waals surface area contributed by atoms with Gasteiger partial charge in [-0.1, -0.05) is 56.2 Å². The van der Waals surface area contributed by atoms with Crippen molar-refractivity contribution in [2.45, 2.75) is 19.8 Å². The third-order valence-electron chi connectivity index (χ3n) is 6.08. The van der Waals surface area contributed by atoms with Crippen LogP contribution in [0, 0.1) is 40.4 Å². The molecule has 2 aromatic rings. The molecular weight excluding hydrogens is 406 g/mol. The van der Waals surface area contributed by atoms with E-state index >= 15 is 0 Å². The molecule has 1 fully saturated rings. The summed E-state index contributed by atoms with van der Waals surface area (Å²) in [7, 11) is 0. The van der Waals surface area contributed by atoms with Crippen LogP contribution < -0.4 is 4.74 Å². The predicted octanol–water partition coefficient (Wildman–Crippen LogP) is 4.55. The Balaban J connectivity index is 1.93. The van der Waals surface area contributed by atoms with E-state index in [9.17, 15) is 20.0 Å². The molecule has 6 nitrogen and oxygen atoms in total. The molecule has 0 aliphatic heterocycles. The Kier molecular flexibility index (Phi) is 6.37. The Morgan fingerprint density at radius 3 is 2.50 bits per heavy atom. The molecule has 0 spiro atoms. The quantitative estimate of drug-likeness (QED) is 0.376. The number of nitriles is 1. The van der Waals surface area contributed by atoms with Gasteiger partial charge in [0.2, 0.25) is 0 Å². The maximum atomic E-state index is 12.5. The minimum atomic E-state index is -1.42. The van der Waals surface area contributed by atoms with Crippen LogP contribution in [0.15, 0.2) is 66.7 Å². The van der Waals surface area contributed by atoms with E-state index in [1.54, 1.807) is 50.2 Å². The van der Waals surface area contributed by atoms with Gasteiger partial charge in [0, 0.05) is 12.0 Å². The van der Waals surface area contributed by atoms with Crippen molar-refractivity contribution in [3.8, 4) is 29.9 Å². The third-order valence-corrected chi connectivity index (χ3v) is 6.08. The summed E-state index contributed by atoms with van der Waals surface area (Å²) >= 11 is 0. The summed E-state index contributed by atoms with van der Waals surface area (Å²) in [5.41, 5.74) is -1.67. The Hall–Kier alpha value is -4.03. The molecule has 3 rings (SSSR count). The average Bonchev–Trinajstić information content (AvgIpc) is 3.27. The van der Waals surface area contributed by atoms with Crippen LogP contribution in [-0.4, -0.2) is 23.7 Å². The van der Waals surface area contributed by atoms with E-state index in [-0.39, 0.29) is 6.61 Å². The van der Waals surface area contributed by atoms with Gasteiger partial charge >= 0.3 is 11.9 Å². The molecule has 0 aromatic heterocycles. The van der Waals surface area contributed by atoms with Crippen molar-refractivity contribution in [3.05, 3.63) is 72.3 Å². The highest BCUT2D eigenvalue weighted by Crippen LogP contribution is 2.75. The summed E-state index contributed by atoms with van der Waals surface area (Å²) in [6.07, 6.45) is 7.76. The van der Waals surface area contributed by atoms with Crippen LogP contribution in [0.3, 0.4) is 0 Å². The molecular formula is C26H23NO5. The first-order valence-corrected chi connectivity index (χ1v) is 10.0. The molecule has 0 saturated heterocycles. The monoisotopic (exact) mass is 429 g/mol. The van der Waals surface area contributed by atoms with Crippen molar-refractivity contribution < 1.29 is 24.2 Å². The number of carboxylic acid groups (broad SMARTS) is 1. The van der Waals surface area contributed by atoms with Gasteiger partial charge in [-0.05, 0) is 35.2 Å². The number of ether oxygens (including phenoxy) is 2. The molecule has 0 unspecified atom stereocenters. The van der Waals surface area contributed by atoms with Crippen LogP contribution in [0.5, 0.6) is 11.5 Å². The highest BCUT2D eigenvalue weighted by Gasteiger charge is 2.78. The molecule has 1 aliphatic carbocycles. The number of benzene rings is 2. The van der Waals surface area contributed by atoms with Crippen molar-refractivity contribution in [1.29, 1.82) is 5.26 Å². The summed E-state index contributed by atoms with van der Waals surface area (Å²) in [5, 5.41) is 20.3. The maximum absolute atomic E-state index is 12.5. The van der Waals surface area contributed by atoms with Gasteiger partial charge < -0.3 is 14.6 Å². The standard InChI is InChI=1S/C26H23NO5/c1-4-15-31-23(28)14-13-22-25(2,3)26(22,24(29)30)21(17-27)18-9-8-12-20(16-18)32-19-10-6-5-7-11-19/h1,5-14,16,21-22H,15H2,2-3H3,(H,29,30)/b14-13-/t21-,22-,26+/m0/s1. The number of allylic oxidation sites excluding steroid dienone is 1. The van der Waals surface area contributed by atoms with E-state index in [2.05, 4.69) is 12.0 Å². The number of aliphatic carboxylic acids is 1. The Morgan fingerprint density at radius 2 is 1.88 bits per heavy atom. The number of hydrogen-bond donors (Lipinski definition) is 1. The summed E-state index contributed by atoms with van der Waals surface area (Å²) in [5.74, 6) is 0.0395. The fraction of sp³-hybridized carbons (Fsp3) is 0.269. The number of carbonyl (C=O) groups excluding carboxylic acids is 1. The second kappa shape index (κ2) is 8.99. The number of para-hydroxylation sites is 1. The van der Waals surface area contributed by atoms with Gasteiger partial charge in [0.15, 0.2) is 6.61 Å². The van der Waals surface area contributed by atoms with E-state index in [1.165, 1.54) is 12.2 Å². The van der Waals surface area contributed by atoms with E-state index in [0.717, 1.165) is 0 Å². The van der Waals surface area contributed by atoms with Crippen molar-refractivity contribution in [3.63, 3.8) is 0 Å². The van der Waals surface area contributed by atoms with Crippen LogP contribution in [0.25, 0.3) is 0 Å². The summed E-state index contributed by atoms with van der Waals surface area (Å²) in [6, 6.07) is 18.2. The molecule has 0 bridgehead atoms. The van der Waals surface area contributed by atoms with Gasteiger partial charge in [-0.3, -0.25) is 4.79 Å². The van der Waals surface area contributed by atoms with E-state index in [1.807, 2.05) is 18.2 Å². The Labute approximate surface area is 187 Å². The fourth-order valence-electron chi connectivity index (χ4n) is 4.47. The number of hydrogen-bond acceptors (Lipinski definition) is 5. The molecule has 2 aromatic carbocycles. The minimum absolute atomic E-state index is 0.170. The Bertz CT molecular complexity index is 1120. The van der Waals surface area contributed by atoms with Crippen LogP contribution in [-0.2, 0) is 14.3 Å². The van der Waals surface area contributed by atoms with Crippen LogP contribution in [0.2, 0.25) is 0 Å². The zero-order chi connectivity index (χ0) is 23.4. The first kappa shape index (κ1) is 22.7. The number of carbonyl (C=O) groups is 2. The molecule has 32 heavy (non-hydrogen) atoms. The number of nitrogens with zero attached hydrogens (tertiary/aromatic N) is 1. The summed E-state index contributed by atoms with van der Waals surface area (Å²) in [6.45, 7) is 3.38. The molecule has 1 aliphatic rings. The van der Waals surface area contributed by atoms with E-state index < -0.39 is 34.6 Å². The van der Waals surface area contributed by atoms with E-state index in [0.29, 0.717) is 17.1 Å². The lowest BCUT2D eigenvalue weighted by Crippen LogP contribution is -2.28. The largest absolute Gasteiger partial charge is 0.481 e. The number of terminal acetylenes is 1. The zero-order valence-corrected chi connectivity index (χ0v) is 17.8. The van der Waals surface area contributed by atoms with Crippen molar-refractivity contribution in [2.24, 2.45) is 16.7 Å². The average molecular weight is 429 g/mol. The molecule has 0 amide bonds. The highest BCUT2D eigenvalue weighted by molar-refractivity contribution is 5.86. The number of carboxylic acids is 1. The zero-order valence-electron chi connectivity index (χ0n) is 17.8. The van der Waals surface area contributed by atoms with Gasteiger partial charge in [0.25, 0.3) is 0 Å². The van der Waals surface area contributed by atoms with Gasteiger partial charge in [-0.15, -0.1) is 6.42 Å². The molecule has 0 radical (unpaired) electrons. The second-order valence-electron chi connectivity index (χ2n) is 8.09. The number of esters is 1. The second-order valence-corrected chi connectivity index (χ2v) is 8.09. The predicted molar refractivity (Wildman–Crippen MR) is 118 cm³/mol. The fourth-order valence-corrected chi connectivity index (χ4v) is 4.47. The molecule has 3 atom stereocenters. The molecule has 1 N–H and O–H groups in total. The van der Waals surface area contributed by atoms with Gasteiger partial charge in [0.05, 0.1) is 12.0 Å². The topological polar surface area (TPSA) is 96.6 Å². The first-order valence-electron chi connectivity index (χ1n) is 10.0. The molecule has 0 heterocycles. The van der Waals surface area contributed by atoms with Crippen molar-refractivity contribution in [2.75, 3.05) is 6.61 Å². The first-order chi connectivity index (χ1) is 15.3. The normalized spacial score (nSPS) is 21.7. The lowest BCUT2D eigenvalue weighted by molar-refractivity contribution is -0.145. The molecule has 1 saturated carbocycles. The van der Waals surface area contributed by atoms with Gasteiger partial charge in [-0.25, -0.2) is 4.79 Å². The van der Waals surface area contributed by atoms with Crippen LogP contribution >= 0.6 is 0 Å². The summed E-state index contributed by atoms with van der Waals surface area (Å²) < 4.78 is 10.7. The van der Waals surface area contributed by atoms with Crippen molar-refractivity contribution >= 4 is 11.9 Å². The van der Waals surface area contributed by atoms with Crippen LogP contribution in [0.1, 0.15) is 25.3 Å². The molecule has 162 valence electrons. The van der Waals surface area contributed by atoms with Gasteiger partial charge in [-0.2, -0.15) is 5.26 Å². The smallest absolute Gasteiger partial charge is 0.331 e. The maximum Gasteiger partial charge on any atom is 0.331 e. The SMILES string of the molecule is C#CCOC(=O)/C=C\[C@H]1C(C)(C)[C@]1(C(=O)O)[C@@H](C#N)c1cccc(Oc2ccccc2)c1. The third kappa shape index (κ3) is 3.96. The lowest BCUT2D eigenvalue weighted by atomic mass is 9.78. The number of rotatable bonds is 8. The van der Waals surface area contributed by atoms with E-state index in [4.69, 9.17) is 15.9 Å². The molecule has 6 heteroatoms. The highest BCUT2D eigenvalue weighted by atomic mass is 16.5. The van der Waals surface area contributed by atoms with Gasteiger partial charge in [0.1, 0.15) is 16.9 Å². The minimum Gasteiger partial charge on any atom is -0.481 e. The Morgan fingerprint density at radius 1 is 1.19 bits per heavy atom. The van der Waals surface area contributed by atoms with Crippen molar-refractivity contribution in [1.82, 2.24) is 0 Å².